The number of carbonyl (C=O) groups excluding carboxylic acids is 2. The van der Waals surface area contributed by atoms with Gasteiger partial charge in [-0.05, 0) is 47.2 Å². The van der Waals surface area contributed by atoms with Crippen molar-refractivity contribution < 1.29 is 9.59 Å². The van der Waals surface area contributed by atoms with Crippen molar-refractivity contribution in [1.29, 1.82) is 0 Å². The molecule has 4 nitrogen and oxygen atoms in total. The number of amides is 2. The number of benzene rings is 3. The van der Waals surface area contributed by atoms with Gasteiger partial charge in [0, 0.05) is 16.1 Å². The third-order valence-corrected chi connectivity index (χ3v) is 3.87. The Balaban J connectivity index is 1.59. The Morgan fingerprint density at radius 2 is 1.58 bits per heavy atom. The first-order valence-electron chi connectivity index (χ1n) is 7.48. The van der Waals surface area contributed by atoms with Crippen LogP contribution in [0.4, 0.5) is 5.69 Å². The lowest BCUT2D eigenvalue weighted by Gasteiger charge is -2.08. The third kappa shape index (κ3) is 3.94. The maximum Gasteiger partial charge on any atom is 0.251 e. The van der Waals surface area contributed by atoms with E-state index >= 15 is 0 Å². The quantitative estimate of drug-likeness (QED) is 0.639. The van der Waals surface area contributed by atoms with Gasteiger partial charge in [-0.15, -0.1) is 12.6 Å². The average molecular weight is 336 g/mol. The maximum absolute atomic E-state index is 12.2. The van der Waals surface area contributed by atoms with Gasteiger partial charge in [0.25, 0.3) is 5.91 Å². The van der Waals surface area contributed by atoms with Crippen LogP contribution in [0.1, 0.15) is 10.4 Å². The Morgan fingerprint density at radius 3 is 2.33 bits per heavy atom. The standard InChI is InChI=1S/C19H16N2O2S/c22-18(21-16-7-9-17(24)10-8-16)12-20-19(23)15-6-5-13-3-1-2-4-14(13)11-15/h1-11,24H,12H2,(H,20,23)(H,21,22). The van der Waals surface area contributed by atoms with Crippen LogP contribution < -0.4 is 10.6 Å². The molecular formula is C19H16N2O2S. The molecule has 0 aromatic heterocycles. The van der Waals surface area contributed by atoms with E-state index in [9.17, 15) is 9.59 Å². The lowest BCUT2D eigenvalue weighted by atomic mass is 10.1. The smallest absolute Gasteiger partial charge is 0.251 e. The molecule has 0 spiro atoms. The molecule has 0 aliphatic carbocycles. The van der Waals surface area contributed by atoms with E-state index in [1.807, 2.05) is 36.4 Å². The Bertz CT molecular complexity index is 891. The predicted molar refractivity (Wildman–Crippen MR) is 98.6 cm³/mol. The predicted octanol–water partition coefficient (Wildman–Crippen LogP) is 3.50. The summed E-state index contributed by atoms with van der Waals surface area (Å²) in [5.74, 6) is -0.558. The van der Waals surface area contributed by atoms with Gasteiger partial charge in [-0.25, -0.2) is 0 Å². The van der Waals surface area contributed by atoms with Gasteiger partial charge in [-0.3, -0.25) is 9.59 Å². The first-order chi connectivity index (χ1) is 11.6. The van der Waals surface area contributed by atoms with Crippen LogP contribution in [-0.4, -0.2) is 18.4 Å². The number of hydrogen-bond donors (Lipinski definition) is 3. The van der Waals surface area contributed by atoms with Gasteiger partial charge in [0.05, 0.1) is 6.54 Å². The highest BCUT2D eigenvalue weighted by atomic mass is 32.1. The number of thiol groups is 1. The maximum atomic E-state index is 12.2. The number of hydrogen-bond acceptors (Lipinski definition) is 3. The van der Waals surface area contributed by atoms with Gasteiger partial charge in [-0.2, -0.15) is 0 Å². The fourth-order valence-corrected chi connectivity index (χ4v) is 2.49. The van der Waals surface area contributed by atoms with E-state index in [2.05, 4.69) is 23.3 Å². The molecule has 2 amide bonds. The molecular weight excluding hydrogens is 320 g/mol. The van der Waals surface area contributed by atoms with Crippen molar-refractivity contribution in [1.82, 2.24) is 5.32 Å². The van der Waals surface area contributed by atoms with Crippen LogP contribution in [0, 0.1) is 0 Å². The van der Waals surface area contributed by atoms with Crippen molar-refractivity contribution in [2.45, 2.75) is 4.90 Å². The summed E-state index contributed by atoms with van der Waals surface area (Å²) in [5.41, 5.74) is 1.19. The zero-order chi connectivity index (χ0) is 16.9. The minimum absolute atomic E-state index is 0.0890. The monoisotopic (exact) mass is 336 g/mol. The number of rotatable bonds is 4. The first-order valence-corrected chi connectivity index (χ1v) is 7.92. The summed E-state index contributed by atoms with van der Waals surface area (Å²) < 4.78 is 0. The molecule has 0 atom stereocenters. The molecule has 0 radical (unpaired) electrons. The van der Waals surface area contributed by atoms with Gasteiger partial charge in [0.15, 0.2) is 0 Å². The zero-order valence-electron chi connectivity index (χ0n) is 12.8. The van der Waals surface area contributed by atoms with E-state index < -0.39 is 0 Å². The summed E-state index contributed by atoms with van der Waals surface area (Å²) in [6, 6.07) is 20.3. The summed E-state index contributed by atoms with van der Waals surface area (Å²) in [7, 11) is 0. The number of nitrogens with one attached hydrogen (secondary N) is 2. The van der Waals surface area contributed by atoms with Crippen molar-refractivity contribution in [3.05, 3.63) is 72.3 Å². The molecule has 0 unspecified atom stereocenters. The van der Waals surface area contributed by atoms with Crippen LogP contribution in [-0.2, 0) is 4.79 Å². The van der Waals surface area contributed by atoms with Gasteiger partial charge < -0.3 is 10.6 Å². The van der Waals surface area contributed by atoms with Gasteiger partial charge in [-0.1, -0.05) is 30.3 Å². The van der Waals surface area contributed by atoms with Crippen molar-refractivity contribution in [3.8, 4) is 0 Å². The SMILES string of the molecule is O=C(CNC(=O)c1ccc2ccccc2c1)Nc1ccc(S)cc1. The van der Waals surface area contributed by atoms with Crippen molar-refractivity contribution in [3.63, 3.8) is 0 Å². The molecule has 24 heavy (non-hydrogen) atoms. The second-order valence-electron chi connectivity index (χ2n) is 5.34. The first kappa shape index (κ1) is 16.1. The molecule has 120 valence electrons. The molecule has 3 rings (SSSR count). The highest BCUT2D eigenvalue weighted by Gasteiger charge is 2.09. The molecule has 5 heteroatoms. The normalized spacial score (nSPS) is 10.4. The molecule has 0 fully saturated rings. The summed E-state index contributed by atoms with van der Waals surface area (Å²) in [6.07, 6.45) is 0. The molecule has 3 aromatic carbocycles. The summed E-state index contributed by atoms with van der Waals surface area (Å²) in [5, 5.41) is 7.40. The van der Waals surface area contributed by atoms with Gasteiger partial charge in [0.2, 0.25) is 5.91 Å². The average Bonchev–Trinajstić information content (AvgIpc) is 2.61. The number of fused-ring (bicyclic) bond motifs is 1. The second-order valence-corrected chi connectivity index (χ2v) is 5.86. The Labute approximate surface area is 145 Å². The van der Waals surface area contributed by atoms with Crippen LogP contribution in [0.3, 0.4) is 0 Å². The Morgan fingerprint density at radius 1 is 0.875 bits per heavy atom. The molecule has 3 aromatic rings. The number of carbonyl (C=O) groups is 2. The highest BCUT2D eigenvalue weighted by Crippen LogP contribution is 2.15. The Kier molecular flexibility index (Phi) is 4.82. The molecule has 0 heterocycles. The van der Waals surface area contributed by atoms with E-state index in [4.69, 9.17) is 0 Å². The largest absolute Gasteiger partial charge is 0.343 e. The molecule has 0 bridgehead atoms. The molecule has 0 saturated carbocycles. The summed E-state index contributed by atoms with van der Waals surface area (Å²) in [6.45, 7) is -0.0890. The van der Waals surface area contributed by atoms with E-state index in [-0.39, 0.29) is 18.4 Å². The Hall–Kier alpha value is -2.79. The van der Waals surface area contributed by atoms with Crippen LogP contribution >= 0.6 is 12.6 Å². The third-order valence-electron chi connectivity index (χ3n) is 3.57. The fraction of sp³-hybridized carbons (Fsp3) is 0.0526. The molecule has 2 N–H and O–H groups in total. The zero-order valence-corrected chi connectivity index (χ0v) is 13.7. The van der Waals surface area contributed by atoms with Crippen LogP contribution in [0.2, 0.25) is 0 Å². The van der Waals surface area contributed by atoms with Crippen LogP contribution in [0.15, 0.2) is 71.6 Å². The van der Waals surface area contributed by atoms with E-state index in [0.717, 1.165) is 15.7 Å². The molecule has 0 aliphatic rings. The highest BCUT2D eigenvalue weighted by molar-refractivity contribution is 7.80. The topological polar surface area (TPSA) is 58.2 Å². The van der Waals surface area contributed by atoms with Gasteiger partial charge >= 0.3 is 0 Å². The minimum atomic E-state index is -0.281. The molecule has 0 saturated heterocycles. The number of anilines is 1. The summed E-state index contributed by atoms with van der Waals surface area (Å²) in [4.78, 5) is 24.9. The van der Waals surface area contributed by atoms with Crippen LogP contribution in [0.25, 0.3) is 10.8 Å². The van der Waals surface area contributed by atoms with Crippen LogP contribution in [0.5, 0.6) is 0 Å². The second kappa shape index (κ2) is 7.19. The van der Waals surface area contributed by atoms with Crippen molar-refractivity contribution in [2.75, 3.05) is 11.9 Å². The summed E-state index contributed by atoms with van der Waals surface area (Å²) >= 11 is 4.19. The lowest BCUT2D eigenvalue weighted by molar-refractivity contribution is -0.115. The molecule has 0 aliphatic heterocycles. The van der Waals surface area contributed by atoms with E-state index in [1.165, 1.54) is 0 Å². The van der Waals surface area contributed by atoms with Gasteiger partial charge in [0.1, 0.15) is 0 Å². The van der Waals surface area contributed by atoms with E-state index in [0.29, 0.717) is 11.3 Å². The fourth-order valence-electron chi connectivity index (χ4n) is 2.34. The van der Waals surface area contributed by atoms with Crippen molar-refractivity contribution >= 4 is 40.9 Å². The minimum Gasteiger partial charge on any atom is -0.343 e. The lowest BCUT2D eigenvalue weighted by Crippen LogP contribution is -2.32. The van der Waals surface area contributed by atoms with E-state index in [1.54, 1.807) is 30.3 Å². The van der Waals surface area contributed by atoms with Crippen molar-refractivity contribution in [2.24, 2.45) is 0 Å².